The van der Waals surface area contributed by atoms with Gasteiger partial charge in [0.2, 0.25) is 5.28 Å². The van der Waals surface area contributed by atoms with Crippen LogP contribution in [0.25, 0.3) is 0 Å². The van der Waals surface area contributed by atoms with Gasteiger partial charge in [-0.15, -0.1) is 0 Å². The van der Waals surface area contributed by atoms with Crippen LogP contribution in [0.15, 0.2) is 22.3 Å². The van der Waals surface area contributed by atoms with E-state index in [2.05, 4.69) is 37.3 Å². The number of nitrogens with one attached hydrogen (secondary N) is 1. The molecule has 0 amide bonds. The first-order valence-corrected chi connectivity index (χ1v) is 7.02. The third-order valence-electron chi connectivity index (χ3n) is 2.84. The fourth-order valence-corrected chi connectivity index (χ4v) is 2.41. The van der Waals surface area contributed by atoms with Crippen LogP contribution in [0.3, 0.4) is 0 Å². The summed E-state index contributed by atoms with van der Waals surface area (Å²) in [4.78, 5) is 8.03. The number of hydrogen-bond acceptors (Lipinski definition) is 3. The first-order valence-electron chi connectivity index (χ1n) is 5.85. The van der Waals surface area contributed by atoms with Crippen molar-refractivity contribution in [2.24, 2.45) is 0 Å². The predicted molar refractivity (Wildman–Crippen MR) is 74.4 cm³/mol. The molecule has 0 fully saturated rings. The zero-order valence-electron chi connectivity index (χ0n) is 9.55. The van der Waals surface area contributed by atoms with Gasteiger partial charge in [-0.25, -0.2) is 4.98 Å². The summed E-state index contributed by atoms with van der Waals surface area (Å²) in [5.74, 6) is 0.765. The molecule has 0 radical (unpaired) electrons. The highest BCUT2D eigenvalue weighted by atomic mass is 79.9. The third kappa shape index (κ3) is 3.96. The SMILES string of the molecule is Clc1ncc(Br)c(NCCC2=CCCCC2)n1. The van der Waals surface area contributed by atoms with Crippen LogP contribution in [0.1, 0.15) is 32.1 Å². The Kier molecular flexibility index (Phi) is 4.80. The number of aromatic nitrogens is 2. The lowest BCUT2D eigenvalue weighted by Gasteiger charge is -2.13. The van der Waals surface area contributed by atoms with E-state index in [9.17, 15) is 0 Å². The highest BCUT2D eigenvalue weighted by Gasteiger charge is 2.05. The van der Waals surface area contributed by atoms with Crippen molar-refractivity contribution in [3.05, 3.63) is 27.6 Å². The molecular weight excluding hydrogens is 302 g/mol. The van der Waals surface area contributed by atoms with Crippen molar-refractivity contribution >= 4 is 33.3 Å². The van der Waals surface area contributed by atoms with Gasteiger partial charge >= 0.3 is 0 Å². The van der Waals surface area contributed by atoms with Gasteiger partial charge in [-0.2, -0.15) is 4.98 Å². The van der Waals surface area contributed by atoms with Crippen molar-refractivity contribution in [1.29, 1.82) is 0 Å². The molecule has 0 atom stereocenters. The smallest absolute Gasteiger partial charge is 0.224 e. The molecule has 1 aromatic heterocycles. The topological polar surface area (TPSA) is 37.8 Å². The van der Waals surface area contributed by atoms with Crippen LogP contribution >= 0.6 is 27.5 Å². The number of hydrogen-bond donors (Lipinski definition) is 1. The fourth-order valence-electron chi connectivity index (χ4n) is 1.94. The number of rotatable bonds is 4. The molecular formula is C12H15BrClN3. The Morgan fingerprint density at radius 1 is 1.41 bits per heavy atom. The van der Waals surface area contributed by atoms with E-state index in [1.807, 2.05) is 0 Å². The third-order valence-corrected chi connectivity index (χ3v) is 3.60. The number of nitrogens with zero attached hydrogens (tertiary/aromatic N) is 2. The standard InChI is InChI=1S/C12H15BrClN3/c13-10-8-16-12(14)17-11(10)15-7-6-9-4-2-1-3-5-9/h4,8H,1-3,5-7H2,(H,15,16,17). The molecule has 92 valence electrons. The molecule has 1 aromatic rings. The van der Waals surface area contributed by atoms with Crippen LogP contribution < -0.4 is 5.32 Å². The number of halogens is 2. The van der Waals surface area contributed by atoms with Gasteiger partial charge in [0.1, 0.15) is 5.82 Å². The molecule has 0 saturated carbocycles. The zero-order chi connectivity index (χ0) is 12.1. The lowest BCUT2D eigenvalue weighted by molar-refractivity contribution is 0.679. The maximum atomic E-state index is 5.75. The van der Waals surface area contributed by atoms with Gasteiger partial charge in [0.15, 0.2) is 0 Å². The van der Waals surface area contributed by atoms with Gasteiger partial charge in [-0.05, 0) is 59.6 Å². The first kappa shape index (κ1) is 12.8. The Morgan fingerprint density at radius 2 is 2.29 bits per heavy atom. The van der Waals surface area contributed by atoms with Crippen molar-refractivity contribution in [1.82, 2.24) is 9.97 Å². The van der Waals surface area contributed by atoms with Crippen molar-refractivity contribution in [3.63, 3.8) is 0 Å². The highest BCUT2D eigenvalue weighted by molar-refractivity contribution is 9.10. The van der Waals surface area contributed by atoms with Crippen LogP contribution in [0.4, 0.5) is 5.82 Å². The van der Waals surface area contributed by atoms with Crippen molar-refractivity contribution < 1.29 is 0 Å². The summed E-state index contributed by atoms with van der Waals surface area (Å²) < 4.78 is 0.847. The van der Waals surface area contributed by atoms with Crippen LogP contribution in [0.2, 0.25) is 5.28 Å². The Morgan fingerprint density at radius 3 is 3.06 bits per heavy atom. The van der Waals surface area contributed by atoms with E-state index < -0.39 is 0 Å². The molecule has 1 aliphatic carbocycles. The lowest BCUT2D eigenvalue weighted by atomic mass is 9.97. The summed E-state index contributed by atoms with van der Waals surface area (Å²) in [6, 6.07) is 0. The van der Waals surface area contributed by atoms with E-state index in [4.69, 9.17) is 11.6 Å². The maximum Gasteiger partial charge on any atom is 0.224 e. The van der Waals surface area contributed by atoms with Crippen molar-refractivity contribution in [2.45, 2.75) is 32.1 Å². The molecule has 0 spiro atoms. The average Bonchev–Trinajstić information content (AvgIpc) is 2.35. The number of anilines is 1. The van der Waals surface area contributed by atoms with Crippen LogP contribution in [0.5, 0.6) is 0 Å². The molecule has 0 bridgehead atoms. The molecule has 1 aliphatic rings. The second-order valence-corrected chi connectivity index (χ2v) is 5.31. The highest BCUT2D eigenvalue weighted by Crippen LogP contribution is 2.22. The molecule has 0 saturated heterocycles. The minimum atomic E-state index is 0.271. The minimum absolute atomic E-state index is 0.271. The number of allylic oxidation sites excluding steroid dienone is 1. The van der Waals surface area contributed by atoms with Crippen LogP contribution in [0, 0.1) is 0 Å². The average molecular weight is 317 g/mol. The Bertz CT molecular complexity index is 420. The van der Waals surface area contributed by atoms with Crippen LogP contribution in [-0.4, -0.2) is 16.5 Å². The maximum absolute atomic E-state index is 5.75. The second-order valence-electron chi connectivity index (χ2n) is 4.12. The molecule has 0 aliphatic heterocycles. The lowest BCUT2D eigenvalue weighted by Crippen LogP contribution is -2.06. The van der Waals surface area contributed by atoms with Gasteiger partial charge in [0, 0.05) is 12.7 Å². The largest absolute Gasteiger partial charge is 0.369 e. The van der Waals surface area contributed by atoms with Crippen LogP contribution in [-0.2, 0) is 0 Å². The van der Waals surface area contributed by atoms with E-state index in [0.717, 1.165) is 23.3 Å². The van der Waals surface area contributed by atoms with E-state index in [-0.39, 0.29) is 5.28 Å². The summed E-state index contributed by atoms with van der Waals surface area (Å²) >= 11 is 9.15. The Hall–Kier alpha value is -0.610. The summed E-state index contributed by atoms with van der Waals surface area (Å²) in [5, 5.41) is 3.55. The Labute approximate surface area is 115 Å². The summed E-state index contributed by atoms with van der Waals surface area (Å²) in [6.45, 7) is 0.887. The molecule has 2 rings (SSSR count). The molecule has 5 heteroatoms. The van der Waals surface area contributed by atoms with Crippen molar-refractivity contribution in [2.75, 3.05) is 11.9 Å². The van der Waals surface area contributed by atoms with E-state index >= 15 is 0 Å². The quantitative estimate of drug-likeness (QED) is 0.668. The van der Waals surface area contributed by atoms with Crippen molar-refractivity contribution in [3.8, 4) is 0 Å². The van der Waals surface area contributed by atoms with Gasteiger partial charge in [0.05, 0.1) is 4.47 Å². The summed E-state index contributed by atoms with van der Waals surface area (Å²) in [7, 11) is 0. The van der Waals surface area contributed by atoms with Gasteiger partial charge in [0.25, 0.3) is 0 Å². The fraction of sp³-hybridized carbons (Fsp3) is 0.500. The Balaban J connectivity index is 1.85. The van der Waals surface area contributed by atoms with Gasteiger partial charge in [-0.3, -0.25) is 0 Å². The second kappa shape index (κ2) is 6.36. The zero-order valence-corrected chi connectivity index (χ0v) is 11.9. The monoisotopic (exact) mass is 315 g/mol. The molecule has 17 heavy (non-hydrogen) atoms. The van der Waals surface area contributed by atoms with E-state index in [1.165, 1.54) is 25.7 Å². The first-order chi connectivity index (χ1) is 8.25. The van der Waals surface area contributed by atoms with E-state index in [1.54, 1.807) is 11.8 Å². The summed E-state index contributed by atoms with van der Waals surface area (Å²) in [5.41, 5.74) is 1.56. The van der Waals surface area contributed by atoms with Gasteiger partial charge in [-0.1, -0.05) is 11.6 Å². The summed E-state index contributed by atoms with van der Waals surface area (Å²) in [6.07, 6.45) is 10.3. The molecule has 1 heterocycles. The van der Waals surface area contributed by atoms with E-state index in [0.29, 0.717) is 0 Å². The molecule has 0 unspecified atom stereocenters. The predicted octanol–water partition coefficient (Wildman–Crippen LogP) is 4.19. The molecule has 0 aromatic carbocycles. The molecule has 1 N–H and O–H groups in total. The van der Waals surface area contributed by atoms with Gasteiger partial charge < -0.3 is 5.32 Å². The minimum Gasteiger partial charge on any atom is -0.369 e. The molecule has 3 nitrogen and oxygen atoms in total. The normalized spacial score (nSPS) is 15.5.